The van der Waals surface area contributed by atoms with Crippen molar-refractivity contribution in [1.82, 2.24) is 19.6 Å². The minimum Gasteiger partial charge on any atom is -0.497 e. The summed E-state index contributed by atoms with van der Waals surface area (Å²) in [6, 6.07) is 8.66. The van der Waals surface area contributed by atoms with Gasteiger partial charge in [-0.15, -0.1) is 0 Å². The van der Waals surface area contributed by atoms with E-state index in [1.165, 1.54) is 38.9 Å². The van der Waals surface area contributed by atoms with E-state index in [0.29, 0.717) is 65.1 Å². The fourth-order valence-corrected chi connectivity index (χ4v) is 4.37. The standard InChI is InChI=1S/C25H31ClN6O7S/c1-36-18-6-7-20(16(10-18)14-32(40(34)35)9-5-8-27-15-33)30-24-19(26)13-28-25(31-24)29-17-11-21(37-2)23(39-4)22(12-17)38-3/h6-7,10-13,15H,5,8-9,14H2,1-4H3,(H,27,33)(H,34,35)(H2,28,29,30,31). The maximum Gasteiger partial charge on any atom is 0.234 e. The van der Waals surface area contributed by atoms with Crippen LogP contribution in [0.15, 0.2) is 36.5 Å². The van der Waals surface area contributed by atoms with Crippen molar-refractivity contribution < 1.29 is 32.5 Å². The molecule has 1 aromatic heterocycles. The summed E-state index contributed by atoms with van der Waals surface area (Å²) in [5.74, 6) is 2.44. The number of nitrogens with zero attached hydrogens (tertiary/aromatic N) is 3. The Morgan fingerprint density at radius 2 is 1.77 bits per heavy atom. The molecule has 1 heterocycles. The Bertz CT molecular complexity index is 1310. The van der Waals surface area contributed by atoms with Gasteiger partial charge in [0.2, 0.25) is 29.4 Å². The second kappa shape index (κ2) is 15.1. The van der Waals surface area contributed by atoms with Crippen molar-refractivity contribution in [2.45, 2.75) is 13.0 Å². The molecule has 0 spiro atoms. The van der Waals surface area contributed by atoms with Crippen molar-refractivity contribution in [1.29, 1.82) is 0 Å². The molecule has 1 atom stereocenters. The van der Waals surface area contributed by atoms with E-state index >= 15 is 0 Å². The van der Waals surface area contributed by atoms with Gasteiger partial charge in [-0.25, -0.2) is 9.19 Å². The molecule has 0 aliphatic heterocycles. The normalized spacial score (nSPS) is 11.5. The number of aromatic nitrogens is 2. The zero-order valence-electron chi connectivity index (χ0n) is 22.4. The van der Waals surface area contributed by atoms with Crippen LogP contribution in [-0.2, 0) is 22.6 Å². The Hall–Kier alpha value is -3.85. The van der Waals surface area contributed by atoms with E-state index in [0.717, 1.165) is 0 Å². The first-order valence-corrected chi connectivity index (χ1v) is 13.3. The topological polar surface area (TPSA) is 156 Å². The Morgan fingerprint density at radius 3 is 2.38 bits per heavy atom. The summed E-state index contributed by atoms with van der Waals surface area (Å²) < 4.78 is 44.7. The average Bonchev–Trinajstić information content (AvgIpc) is 2.96. The number of nitrogens with one attached hydrogen (secondary N) is 3. The summed E-state index contributed by atoms with van der Waals surface area (Å²) >= 11 is 4.16. The van der Waals surface area contributed by atoms with Crippen molar-refractivity contribution in [2.75, 3.05) is 52.2 Å². The number of benzene rings is 2. The van der Waals surface area contributed by atoms with Gasteiger partial charge in [-0.2, -0.15) is 9.29 Å². The van der Waals surface area contributed by atoms with E-state index < -0.39 is 11.3 Å². The molecule has 15 heteroatoms. The minimum absolute atomic E-state index is 0.100. The zero-order valence-corrected chi connectivity index (χ0v) is 24.0. The highest BCUT2D eigenvalue weighted by Gasteiger charge is 2.18. The van der Waals surface area contributed by atoms with E-state index in [-0.39, 0.29) is 24.1 Å². The predicted molar refractivity (Wildman–Crippen MR) is 153 cm³/mol. The number of anilines is 4. The molecule has 0 saturated carbocycles. The molecule has 0 saturated heterocycles. The van der Waals surface area contributed by atoms with E-state index in [1.54, 1.807) is 30.3 Å². The van der Waals surface area contributed by atoms with Crippen molar-refractivity contribution in [2.24, 2.45) is 0 Å². The lowest BCUT2D eigenvalue weighted by Crippen LogP contribution is -2.29. The molecule has 3 rings (SSSR count). The van der Waals surface area contributed by atoms with Gasteiger partial charge in [0.05, 0.1) is 34.6 Å². The lowest BCUT2D eigenvalue weighted by atomic mass is 10.1. The molecule has 13 nitrogen and oxygen atoms in total. The summed E-state index contributed by atoms with van der Waals surface area (Å²) in [5, 5.41) is 9.08. The Morgan fingerprint density at radius 1 is 1.05 bits per heavy atom. The molecule has 216 valence electrons. The molecular formula is C25H31ClN6O7S. The Kier molecular flexibility index (Phi) is 11.6. The van der Waals surface area contributed by atoms with Crippen molar-refractivity contribution in [3.63, 3.8) is 0 Å². The highest BCUT2D eigenvalue weighted by molar-refractivity contribution is 7.76. The number of methoxy groups -OCH3 is 4. The van der Waals surface area contributed by atoms with E-state index in [4.69, 9.17) is 30.5 Å². The second-order valence-corrected chi connectivity index (χ2v) is 9.48. The zero-order chi connectivity index (χ0) is 29.1. The van der Waals surface area contributed by atoms with Crippen LogP contribution in [0.5, 0.6) is 23.0 Å². The Labute approximate surface area is 239 Å². The summed E-state index contributed by atoms with van der Waals surface area (Å²) in [4.78, 5) is 19.3. The maximum atomic E-state index is 12.0. The van der Waals surface area contributed by atoms with Gasteiger partial charge in [0.25, 0.3) is 0 Å². The molecule has 0 radical (unpaired) electrons. The lowest BCUT2D eigenvalue weighted by molar-refractivity contribution is -0.109. The molecule has 40 heavy (non-hydrogen) atoms. The van der Waals surface area contributed by atoms with Crippen LogP contribution in [0.2, 0.25) is 5.02 Å². The largest absolute Gasteiger partial charge is 0.497 e. The van der Waals surface area contributed by atoms with Crippen molar-refractivity contribution >= 4 is 52.4 Å². The first-order chi connectivity index (χ1) is 19.3. The van der Waals surface area contributed by atoms with Crippen LogP contribution in [0.1, 0.15) is 12.0 Å². The number of rotatable bonds is 16. The molecule has 4 N–H and O–H groups in total. The summed E-state index contributed by atoms with van der Waals surface area (Å²) in [6.45, 7) is 0.735. The van der Waals surface area contributed by atoms with Crippen LogP contribution in [0.4, 0.5) is 23.1 Å². The first-order valence-electron chi connectivity index (χ1n) is 11.9. The van der Waals surface area contributed by atoms with Crippen LogP contribution in [0, 0.1) is 0 Å². The van der Waals surface area contributed by atoms with Gasteiger partial charge in [-0.3, -0.25) is 9.35 Å². The van der Waals surface area contributed by atoms with Gasteiger partial charge in [-0.05, 0) is 30.2 Å². The molecule has 1 amide bonds. The summed E-state index contributed by atoms with van der Waals surface area (Å²) in [7, 11) is 6.08. The SMILES string of the molecule is COc1ccc(Nc2nc(Nc3cc(OC)c(OC)c(OC)c3)ncc2Cl)c(CN(CCCNC=O)S(=O)O)c1. The predicted octanol–water partition coefficient (Wildman–Crippen LogP) is 3.73. The van der Waals surface area contributed by atoms with Gasteiger partial charge in [0, 0.05) is 43.1 Å². The molecule has 0 aliphatic carbocycles. The average molecular weight is 595 g/mol. The molecule has 2 aromatic carbocycles. The van der Waals surface area contributed by atoms with Crippen LogP contribution < -0.4 is 34.9 Å². The minimum atomic E-state index is -2.25. The number of carbonyl (C=O) groups excluding carboxylic acids is 1. The quantitative estimate of drug-likeness (QED) is 0.109. The number of hydrogen-bond donors (Lipinski definition) is 4. The molecule has 0 fully saturated rings. The molecule has 0 bridgehead atoms. The monoisotopic (exact) mass is 594 g/mol. The third kappa shape index (κ3) is 8.08. The third-order valence-corrected chi connectivity index (χ3v) is 6.64. The molecule has 1 unspecified atom stereocenters. The van der Waals surface area contributed by atoms with E-state index in [9.17, 15) is 13.6 Å². The van der Waals surface area contributed by atoms with Gasteiger partial charge < -0.3 is 34.9 Å². The fraction of sp³-hybridized carbons (Fsp3) is 0.320. The van der Waals surface area contributed by atoms with Crippen LogP contribution in [0.25, 0.3) is 0 Å². The van der Waals surface area contributed by atoms with Crippen LogP contribution in [0.3, 0.4) is 0 Å². The van der Waals surface area contributed by atoms with Gasteiger partial charge >= 0.3 is 0 Å². The third-order valence-electron chi connectivity index (χ3n) is 5.61. The number of hydrogen-bond acceptors (Lipinski definition) is 10. The van der Waals surface area contributed by atoms with Gasteiger partial charge in [0.15, 0.2) is 17.3 Å². The maximum absolute atomic E-state index is 12.0. The number of amides is 1. The smallest absolute Gasteiger partial charge is 0.234 e. The lowest BCUT2D eigenvalue weighted by Gasteiger charge is -2.21. The highest BCUT2D eigenvalue weighted by atomic mass is 35.5. The Balaban J connectivity index is 1.88. The van der Waals surface area contributed by atoms with E-state index in [1.807, 2.05) is 0 Å². The molecular weight excluding hydrogens is 564 g/mol. The number of ether oxygens (including phenoxy) is 4. The number of halogens is 1. The van der Waals surface area contributed by atoms with Gasteiger partial charge in [0.1, 0.15) is 10.8 Å². The van der Waals surface area contributed by atoms with Crippen molar-refractivity contribution in [3.05, 3.63) is 47.1 Å². The second-order valence-electron chi connectivity index (χ2n) is 8.10. The summed E-state index contributed by atoms with van der Waals surface area (Å²) in [5.41, 5.74) is 1.82. The molecule has 3 aromatic rings. The van der Waals surface area contributed by atoms with Crippen molar-refractivity contribution in [3.8, 4) is 23.0 Å². The number of carbonyl (C=O) groups is 1. The highest BCUT2D eigenvalue weighted by Crippen LogP contribution is 2.40. The molecule has 0 aliphatic rings. The fourth-order valence-electron chi connectivity index (χ4n) is 3.69. The van der Waals surface area contributed by atoms with Gasteiger partial charge in [-0.1, -0.05) is 11.6 Å². The van der Waals surface area contributed by atoms with Crippen LogP contribution >= 0.6 is 11.6 Å². The van der Waals surface area contributed by atoms with Crippen LogP contribution in [-0.4, -0.2) is 71.0 Å². The van der Waals surface area contributed by atoms with E-state index in [2.05, 4.69) is 25.9 Å². The first kappa shape index (κ1) is 30.7. The summed E-state index contributed by atoms with van der Waals surface area (Å²) in [6.07, 6.45) is 2.50.